The zero-order valence-electron chi connectivity index (χ0n) is 10.6. The van der Waals surface area contributed by atoms with Crippen LogP contribution in [0.15, 0.2) is 45.3 Å². The molecule has 2 aromatic carbocycles. The highest BCUT2D eigenvalue weighted by molar-refractivity contribution is 9.11. The summed E-state index contributed by atoms with van der Waals surface area (Å²) in [4.78, 5) is 11.8. The molecule has 6 heteroatoms. The van der Waals surface area contributed by atoms with E-state index in [1.54, 1.807) is 18.2 Å². The summed E-state index contributed by atoms with van der Waals surface area (Å²) in [5.41, 5.74) is 8.12. The number of para-hydroxylation sites is 2. The zero-order valence-corrected chi connectivity index (χ0v) is 13.8. The van der Waals surface area contributed by atoms with Crippen LogP contribution >= 0.6 is 31.9 Å². The van der Waals surface area contributed by atoms with Crippen LogP contribution in [0.3, 0.4) is 0 Å². The fourth-order valence-electron chi connectivity index (χ4n) is 1.73. The Hall–Kier alpha value is -1.53. The van der Waals surface area contributed by atoms with E-state index >= 15 is 0 Å². The molecular formula is C14H12Br2N2O2. The van der Waals surface area contributed by atoms with Crippen molar-refractivity contribution in [2.75, 3.05) is 18.2 Å². The van der Waals surface area contributed by atoms with E-state index in [-0.39, 0.29) is 0 Å². The second-order valence-electron chi connectivity index (χ2n) is 3.98. The lowest BCUT2D eigenvalue weighted by Crippen LogP contribution is -2.08. The number of benzene rings is 2. The van der Waals surface area contributed by atoms with Crippen LogP contribution in [-0.4, -0.2) is 13.1 Å². The van der Waals surface area contributed by atoms with Gasteiger partial charge < -0.3 is 15.8 Å². The Bertz CT molecular complexity index is 639. The molecule has 0 aliphatic rings. The summed E-state index contributed by atoms with van der Waals surface area (Å²) < 4.78 is 6.48. The molecule has 0 fully saturated rings. The summed E-state index contributed by atoms with van der Waals surface area (Å²) in [5, 5.41) is 3.17. The van der Waals surface area contributed by atoms with E-state index < -0.39 is 5.97 Å². The lowest BCUT2D eigenvalue weighted by Gasteiger charge is -2.15. The van der Waals surface area contributed by atoms with Crippen molar-refractivity contribution < 1.29 is 9.53 Å². The van der Waals surface area contributed by atoms with Crippen LogP contribution in [0, 0.1) is 0 Å². The van der Waals surface area contributed by atoms with Crippen molar-refractivity contribution in [1.82, 2.24) is 0 Å². The van der Waals surface area contributed by atoms with Gasteiger partial charge in [-0.25, -0.2) is 4.79 Å². The van der Waals surface area contributed by atoms with Gasteiger partial charge in [0.1, 0.15) is 0 Å². The molecule has 0 aliphatic carbocycles. The van der Waals surface area contributed by atoms with Crippen molar-refractivity contribution >= 4 is 54.9 Å². The van der Waals surface area contributed by atoms with Gasteiger partial charge in [-0.15, -0.1) is 0 Å². The second kappa shape index (κ2) is 6.28. The number of ether oxygens (including phenoxy) is 1. The molecule has 0 saturated carbocycles. The Labute approximate surface area is 133 Å². The molecule has 0 saturated heterocycles. The Balaban J connectivity index is 2.51. The number of nitrogens with two attached hydrogens (primary N) is 1. The van der Waals surface area contributed by atoms with Crippen LogP contribution in [0.4, 0.5) is 17.1 Å². The standard InChI is InChI=1S/C14H12Br2N2O2/c1-20-14(19)8-4-2-7-11(17)12(8)18-13-9(15)5-3-6-10(13)16/h2-7,18H,17H2,1H3. The smallest absolute Gasteiger partial charge is 0.340 e. The largest absolute Gasteiger partial charge is 0.465 e. The molecule has 0 aliphatic heterocycles. The van der Waals surface area contributed by atoms with Crippen LogP contribution in [0.25, 0.3) is 0 Å². The van der Waals surface area contributed by atoms with Gasteiger partial charge in [-0.05, 0) is 56.1 Å². The number of nitrogens with one attached hydrogen (secondary N) is 1. The second-order valence-corrected chi connectivity index (χ2v) is 5.69. The van der Waals surface area contributed by atoms with Crippen molar-refractivity contribution in [1.29, 1.82) is 0 Å². The molecule has 0 aromatic heterocycles. The lowest BCUT2D eigenvalue weighted by atomic mass is 10.1. The number of methoxy groups -OCH3 is 1. The van der Waals surface area contributed by atoms with Gasteiger partial charge in [-0.3, -0.25) is 0 Å². The average molecular weight is 400 g/mol. The van der Waals surface area contributed by atoms with Crippen LogP contribution in [0.2, 0.25) is 0 Å². The van der Waals surface area contributed by atoms with E-state index in [1.807, 2.05) is 18.2 Å². The first-order chi connectivity index (χ1) is 9.54. The molecule has 3 N–H and O–H groups in total. The monoisotopic (exact) mass is 398 g/mol. The quantitative estimate of drug-likeness (QED) is 0.595. The molecule has 0 bridgehead atoms. The Morgan fingerprint density at radius 1 is 1.10 bits per heavy atom. The first-order valence-corrected chi connectivity index (χ1v) is 7.31. The summed E-state index contributed by atoms with van der Waals surface area (Å²) in [7, 11) is 1.34. The maximum atomic E-state index is 11.8. The van der Waals surface area contributed by atoms with E-state index in [4.69, 9.17) is 10.5 Å². The predicted molar refractivity (Wildman–Crippen MR) is 87.3 cm³/mol. The van der Waals surface area contributed by atoms with Gasteiger partial charge >= 0.3 is 5.97 Å². The van der Waals surface area contributed by atoms with Crippen molar-refractivity contribution in [3.05, 3.63) is 50.9 Å². The summed E-state index contributed by atoms with van der Waals surface area (Å²) >= 11 is 6.92. The minimum absolute atomic E-state index is 0.384. The van der Waals surface area contributed by atoms with E-state index in [9.17, 15) is 4.79 Å². The van der Waals surface area contributed by atoms with Gasteiger partial charge in [0.2, 0.25) is 0 Å². The topological polar surface area (TPSA) is 64.3 Å². The molecule has 104 valence electrons. The minimum Gasteiger partial charge on any atom is -0.465 e. The Morgan fingerprint density at radius 3 is 2.30 bits per heavy atom. The third-order valence-corrected chi connectivity index (χ3v) is 4.04. The molecule has 2 rings (SSSR count). The summed E-state index contributed by atoms with van der Waals surface area (Å²) in [6.45, 7) is 0. The van der Waals surface area contributed by atoms with E-state index in [0.29, 0.717) is 16.9 Å². The number of nitrogen functional groups attached to an aromatic ring is 1. The normalized spacial score (nSPS) is 10.2. The molecule has 0 radical (unpaired) electrons. The molecular weight excluding hydrogens is 388 g/mol. The summed E-state index contributed by atoms with van der Waals surface area (Å²) in [6.07, 6.45) is 0. The first-order valence-electron chi connectivity index (χ1n) is 5.72. The summed E-state index contributed by atoms with van der Waals surface area (Å²) in [6, 6.07) is 10.8. The highest BCUT2D eigenvalue weighted by Gasteiger charge is 2.16. The molecule has 0 heterocycles. The van der Waals surface area contributed by atoms with Crippen LogP contribution in [-0.2, 0) is 4.74 Å². The number of carbonyl (C=O) groups excluding carboxylic acids is 1. The number of esters is 1. The number of halogens is 2. The van der Waals surface area contributed by atoms with Gasteiger partial charge in [0.25, 0.3) is 0 Å². The maximum Gasteiger partial charge on any atom is 0.340 e. The fraction of sp³-hybridized carbons (Fsp3) is 0.0714. The molecule has 0 unspecified atom stereocenters. The van der Waals surface area contributed by atoms with E-state index in [1.165, 1.54) is 7.11 Å². The highest BCUT2D eigenvalue weighted by Crippen LogP contribution is 2.36. The van der Waals surface area contributed by atoms with Crippen molar-refractivity contribution in [2.45, 2.75) is 0 Å². The Kier molecular flexibility index (Phi) is 4.67. The van der Waals surface area contributed by atoms with Gasteiger partial charge in [0, 0.05) is 8.95 Å². The molecule has 2 aromatic rings. The third kappa shape index (κ3) is 2.96. The van der Waals surface area contributed by atoms with E-state index in [0.717, 1.165) is 14.6 Å². The number of hydrogen-bond acceptors (Lipinski definition) is 4. The zero-order chi connectivity index (χ0) is 14.7. The number of carbonyl (C=O) groups is 1. The third-order valence-electron chi connectivity index (χ3n) is 2.71. The minimum atomic E-state index is -0.442. The van der Waals surface area contributed by atoms with E-state index in [2.05, 4.69) is 37.2 Å². The maximum absolute atomic E-state index is 11.8. The Morgan fingerprint density at radius 2 is 1.70 bits per heavy atom. The van der Waals surface area contributed by atoms with Crippen LogP contribution < -0.4 is 11.1 Å². The molecule has 4 nitrogen and oxygen atoms in total. The van der Waals surface area contributed by atoms with Crippen molar-refractivity contribution in [3.8, 4) is 0 Å². The molecule has 20 heavy (non-hydrogen) atoms. The summed E-state index contributed by atoms with van der Waals surface area (Å²) in [5.74, 6) is -0.442. The lowest BCUT2D eigenvalue weighted by molar-refractivity contribution is 0.0602. The predicted octanol–water partition coefficient (Wildman–Crippen LogP) is 4.32. The van der Waals surface area contributed by atoms with Gasteiger partial charge in [-0.1, -0.05) is 12.1 Å². The number of anilines is 3. The van der Waals surface area contributed by atoms with Crippen LogP contribution in [0.1, 0.15) is 10.4 Å². The molecule has 0 amide bonds. The van der Waals surface area contributed by atoms with Crippen molar-refractivity contribution in [3.63, 3.8) is 0 Å². The van der Waals surface area contributed by atoms with Gasteiger partial charge in [0.05, 0.1) is 29.7 Å². The fourth-order valence-corrected chi connectivity index (χ4v) is 2.93. The first kappa shape index (κ1) is 14.9. The van der Waals surface area contributed by atoms with Gasteiger partial charge in [0.15, 0.2) is 0 Å². The van der Waals surface area contributed by atoms with Crippen LogP contribution in [0.5, 0.6) is 0 Å². The number of rotatable bonds is 3. The molecule has 0 spiro atoms. The SMILES string of the molecule is COC(=O)c1cccc(N)c1Nc1c(Br)cccc1Br. The average Bonchev–Trinajstić information content (AvgIpc) is 2.43. The molecule has 0 atom stereocenters. The number of hydrogen-bond donors (Lipinski definition) is 2. The highest BCUT2D eigenvalue weighted by atomic mass is 79.9. The van der Waals surface area contributed by atoms with Crippen molar-refractivity contribution in [2.24, 2.45) is 0 Å². The van der Waals surface area contributed by atoms with Gasteiger partial charge in [-0.2, -0.15) is 0 Å².